The molecule has 1 fully saturated rings. The summed E-state index contributed by atoms with van der Waals surface area (Å²) in [5, 5.41) is 13.1. The lowest BCUT2D eigenvalue weighted by atomic mass is 10.0. The Morgan fingerprint density at radius 3 is 2.12 bits per heavy atom. The van der Waals surface area contributed by atoms with Gasteiger partial charge < -0.3 is 30.3 Å². The zero-order chi connectivity index (χ0) is 28.5. The lowest BCUT2D eigenvalue weighted by Gasteiger charge is -2.16. The molecule has 1 saturated carbocycles. The number of rotatable bonds is 13. The number of anilines is 2. The fraction of sp³-hybridized carbons (Fsp3) is 0.258. The zero-order valence-corrected chi connectivity index (χ0v) is 22.5. The summed E-state index contributed by atoms with van der Waals surface area (Å²) in [6.07, 6.45) is 5.48. The number of carbonyl (C=O) groups excluding carboxylic acids is 2. The second-order valence-electron chi connectivity index (χ2n) is 9.39. The molecule has 0 spiro atoms. The molecule has 0 aliphatic heterocycles. The van der Waals surface area contributed by atoms with E-state index in [4.69, 9.17) is 19.6 Å². The van der Waals surface area contributed by atoms with E-state index in [9.17, 15) is 14.0 Å². The lowest BCUT2D eigenvalue weighted by molar-refractivity contribution is -0.131. The second-order valence-corrected chi connectivity index (χ2v) is 9.39. The summed E-state index contributed by atoms with van der Waals surface area (Å²) < 4.78 is 30.5. The Morgan fingerprint density at radius 1 is 0.950 bits per heavy atom. The minimum absolute atomic E-state index is 0.404. The fourth-order valence-electron chi connectivity index (χ4n) is 3.98. The van der Waals surface area contributed by atoms with Crippen LogP contribution in [-0.4, -0.2) is 31.7 Å². The molecule has 0 heterocycles. The molecule has 0 bridgehead atoms. The van der Waals surface area contributed by atoms with Gasteiger partial charge in [0.25, 0.3) is 0 Å². The number of methoxy groups -OCH3 is 1. The molecule has 0 aromatic heterocycles. The molecule has 3 N–H and O–H groups in total. The molecule has 9 heteroatoms. The maximum atomic E-state index is 13.1. The first-order valence-corrected chi connectivity index (χ1v) is 13.1. The standard InChI is InChI=1S/C31H32FN3O5/c1-3-4-19-39-27-14-5-21(20-28(27)38-2)26(15-18-33)40-25-12-10-24(11-13-25)35-30(37)31(16-17-31)29(36)34-23-8-6-22(32)7-9-23/h5-15,18,20,33H,3-4,16-17,19H2,1-2H3,(H,34,36)(H,35,37)/b26-15+,33-18?. The van der Waals surface area contributed by atoms with Crippen LogP contribution in [0.25, 0.3) is 5.76 Å². The van der Waals surface area contributed by atoms with Crippen LogP contribution in [0.4, 0.5) is 15.8 Å². The van der Waals surface area contributed by atoms with Crippen LogP contribution in [0.3, 0.4) is 0 Å². The first-order chi connectivity index (χ1) is 19.4. The van der Waals surface area contributed by atoms with Crippen molar-refractivity contribution in [2.45, 2.75) is 32.6 Å². The third kappa shape index (κ3) is 6.85. The summed E-state index contributed by atoms with van der Waals surface area (Å²) in [5.74, 6) is 0.879. The second kappa shape index (κ2) is 12.9. The first-order valence-electron chi connectivity index (χ1n) is 13.1. The van der Waals surface area contributed by atoms with Crippen molar-refractivity contribution in [3.05, 3.63) is 84.2 Å². The van der Waals surface area contributed by atoms with E-state index < -0.39 is 23.0 Å². The van der Waals surface area contributed by atoms with Crippen molar-refractivity contribution in [2.24, 2.45) is 5.41 Å². The Bertz CT molecular complexity index is 1380. The smallest absolute Gasteiger partial charge is 0.240 e. The highest BCUT2D eigenvalue weighted by atomic mass is 19.1. The van der Waals surface area contributed by atoms with Crippen LogP contribution < -0.4 is 24.8 Å². The van der Waals surface area contributed by atoms with Crippen molar-refractivity contribution < 1.29 is 28.2 Å². The van der Waals surface area contributed by atoms with Gasteiger partial charge in [0.2, 0.25) is 11.8 Å². The van der Waals surface area contributed by atoms with E-state index in [1.807, 2.05) is 12.1 Å². The number of halogens is 1. The predicted octanol–water partition coefficient (Wildman–Crippen LogP) is 6.44. The minimum Gasteiger partial charge on any atom is -0.493 e. The molecule has 1 aliphatic carbocycles. The van der Waals surface area contributed by atoms with E-state index in [0.29, 0.717) is 59.4 Å². The van der Waals surface area contributed by atoms with Gasteiger partial charge in [-0.05, 0) is 92.1 Å². The monoisotopic (exact) mass is 545 g/mol. The maximum Gasteiger partial charge on any atom is 0.240 e. The number of allylic oxidation sites excluding steroid dienone is 1. The van der Waals surface area contributed by atoms with E-state index in [1.165, 1.54) is 30.3 Å². The molecule has 3 aromatic carbocycles. The van der Waals surface area contributed by atoms with Crippen LogP contribution in [0.5, 0.6) is 17.2 Å². The van der Waals surface area contributed by atoms with Crippen LogP contribution >= 0.6 is 0 Å². The Hall–Kier alpha value is -4.66. The summed E-state index contributed by atoms with van der Waals surface area (Å²) >= 11 is 0. The van der Waals surface area contributed by atoms with Gasteiger partial charge in [-0.1, -0.05) is 13.3 Å². The van der Waals surface area contributed by atoms with Gasteiger partial charge in [-0.2, -0.15) is 0 Å². The topological polar surface area (TPSA) is 110 Å². The Labute approximate surface area is 232 Å². The predicted molar refractivity (Wildman–Crippen MR) is 153 cm³/mol. The fourth-order valence-corrected chi connectivity index (χ4v) is 3.98. The number of hydrogen-bond acceptors (Lipinski definition) is 6. The molecule has 0 atom stereocenters. The van der Waals surface area contributed by atoms with Crippen LogP contribution in [0.2, 0.25) is 0 Å². The molecule has 0 unspecified atom stereocenters. The lowest BCUT2D eigenvalue weighted by Crippen LogP contribution is -2.35. The highest BCUT2D eigenvalue weighted by Gasteiger charge is 2.56. The molecular weight excluding hydrogens is 513 g/mol. The number of amides is 2. The number of unbranched alkanes of at least 4 members (excludes halogenated alkanes) is 1. The summed E-state index contributed by atoms with van der Waals surface area (Å²) in [6.45, 7) is 2.69. The molecule has 40 heavy (non-hydrogen) atoms. The van der Waals surface area contributed by atoms with Gasteiger partial charge in [-0.25, -0.2) is 4.39 Å². The highest BCUT2D eigenvalue weighted by Crippen LogP contribution is 2.47. The van der Waals surface area contributed by atoms with Crippen molar-refractivity contribution >= 4 is 35.2 Å². The third-order valence-corrected chi connectivity index (χ3v) is 6.50. The summed E-state index contributed by atoms with van der Waals surface area (Å²) in [6, 6.07) is 17.5. The molecule has 2 amide bonds. The number of ether oxygens (including phenoxy) is 3. The molecular formula is C31H32FN3O5. The van der Waals surface area contributed by atoms with Crippen molar-refractivity contribution in [2.75, 3.05) is 24.4 Å². The number of carbonyl (C=O) groups is 2. The van der Waals surface area contributed by atoms with Gasteiger partial charge >= 0.3 is 0 Å². The number of hydrogen-bond donors (Lipinski definition) is 3. The van der Waals surface area contributed by atoms with Crippen LogP contribution in [0.1, 0.15) is 38.2 Å². The molecule has 0 saturated heterocycles. The molecule has 8 nitrogen and oxygen atoms in total. The summed E-state index contributed by atoms with van der Waals surface area (Å²) in [5.41, 5.74) is 0.473. The van der Waals surface area contributed by atoms with Gasteiger partial charge in [0.15, 0.2) is 11.5 Å². The quantitative estimate of drug-likeness (QED) is 0.0991. The van der Waals surface area contributed by atoms with Crippen molar-refractivity contribution in [3.8, 4) is 17.2 Å². The van der Waals surface area contributed by atoms with Gasteiger partial charge in [-0.15, -0.1) is 0 Å². The van der Waals surface area contributed by atoms with Crippen LogP contribution in [-0.2, 0) is 9.59 Å². The Balaban J connectivity index is 1.40. The van der Waals surface area contributed by atoms with E-state index in [2.05, 4.69) is 17.6 Å². The summed E-state index contributed by atoms with van der Waals surface area (Å²) in [4.78, 5) is 25.8. The number of benzene rings is 3. The average Bonchev–Trinajstić information content (AvgIpc) is 3.78. The van der Waals surface area contributed by atoms with Crippen LogP contribution in [0, 0.1) is 16.6 Å². The molecule has 4 rings (SSSR count). The van der Waals surface area contributed by atoms with Crippen molar-refractivity contribution in [1.82, 2.24) is 0 Å². The van der Waals surface area contributed by atoms with Crippen molar-refractivity contribution in [3.63, 3.8) is 0 Å². The van der Waals surface area contributed by atoms with Gasteiger partial charge in [0.1, 0.15) is 22.7 Å². The van der Waals surface area contributed by atoms with E-state index in [-0.39, 0.29) is 0 Å². The SMILES string of the molecule is CCCCOc1ccc(/C(=C\C=N)Oc2ccc(NC(=O)C3(C(=O)Nc4ccc(F)cc4)CC3)cc2)cc1OC. The van der Waals surface area contributed by atoms with Gasteiger partial charge in [0.05, 0.1) is 13.7 Å². The van der Waals surface area contributed by atoms with Crippen molar-refractivity contribution in [1.29, 1.82) is 5.41 Å². The van der Waals surface area contributed by atoms with Gasteiger partial charge in [0, 0.05) is 23.2 Å². The molecule has 0 radical (unpaired) electrons. The average molecular weight is 546 g/mol. The van der Waals surface area contributed by atoms with E-state index in [0.717, 1.165) is 19.1 Å². The maximum absolute atomic E-state index is 13.1. The molecule has 1 aliphatic rings. The first kappa shape index (κ1) is 28.4. The minimum atomic E-state index is -1.16. The van der Waals surface area contributed by atoms with Gasteiger partial charge in [-0.3, -0.25) is 9.59 Å². The Kier molecular flexibility index (Phi) is 9.16. The molecule has 3 aromatic rings. The number of nitrogens with one attached hydrogen (secondary N) is 3. The molecule has 208 valence electrons. The highest BCUT2D eigenvalue weighted by molar-refractivity contribution is 6.16. The zero-order valence-electron chi connectivity index (χ0n) is 22.5. The van der Waals surface area contributed by atoms with E-state index >= 15 is 0 Å². The normalized spacial score (nSPS) is 13.6. The third-order valence-electron chi connectivity index (χ3n) is 6.50. The Morgan fingerprint density at radius 2 is 1.57 bits per heavy atom. The largest absolute Gasteiger partial charge is 0.493 e. The van der Waals surface area contributed by atoms with E-state index in [1.54, 1.807) is 37.4 Å². The summed E-state index contributed by atoms with van der Waals surface area (Å²) in [7, 11) is 1.57. The van der Waals surface area contributed by atoms with Crippen LogP contribution in [0.15, 0.2) is 72.8 Å².